The molecule has 14 nitrogen and oxygen atoms in total. The quantitative estimate of drug-likeness (QED) is 0.100. The van der Waals surface area contributed by atoms with E-state index < -0.39 is 31.4 Å². The summed E-state index contributed by atoms with van der Waals surface area (Å²) in [5.41, 5.74) is 4.11. The fourth-order valence-electron chi connectivity index (χ4n) is 7.90. The third-order valence-electron chi connectivity index (χ3n) is 10.9. The molecule has 4 heterocycles. The summed E-state index contributed by atoms with van der Waals surface area (Å²) < 4.78 is 41.0. The minimum Gasteiger partial charge on any atom is -0.455 e. The predicted molar refractivity (Wildman–Crippen MR) is 208 cm³/mol. The Hall–Kier alpha value is -5.51. The second-order valence-electron chi connectivity index (χ2n) is 14.3. The molecule has 5 aromatic rings. The van der Waals surface area contributed by atoms with Crippen LogP contribution in [0.15, 0.2) is 90.1 Å². The van der Waals surface area contributed by atoms with Gasteiger partial charge in [-0.25, -0.2) is 18.1 Å². The number of fused-ring (bicyclic) bond motifs is 2. The molecule has 0 saturated carbocycles. The number of aromatic amines is 1. The number of pyridine rings is 1. The van der Waals surface area contributed by atoms with Crippen molar-refractivity contribution in [3.8, 4) is 11.5 Å². The topological polar surface area (TPSA) is 172 Å². The summed E-state index contributed by atoms with van der Waals surface area (Å²) >= 11 is 0. The van der Waals surface area contributed by atoms with Crippen LogP contribution in [0.5, 0.6) is 11.5 Å². The Labute approximate surface area is 319 Å². The third-order valence-corrected chi connectivity index (χ3v) is 12.2. The van der Waals surface area contributed by atoms with E-state index in [0.717, 1.165) is 69.0 Å². The lowest BCUT2D eigenvalue weighted by Gasteiger charge is -2.42. The van der Waals surface area contributed by atoms with Crippen LogP contribution < -0.4 is 19.7 Å². The second kappa shape index (κ2) is 15.7. The van der Waals surface area contributed by atoms with E-state index in [0.29, 0.717) is 37.2 Å². The molecule has 3 aliphatic rings. The van der Waals surface area contributed by atoms with Crippen LogP contribution in [0.4, 0.5) is 17.1 Å². The number of ether oxygens (including phenoxy) is 2. The number of anilines is 2. The molecule has 286 valence electrons. The van der Waals surface area contributed by atoms with E-state index in [9.17, 15) is 23.3 Å². The maximum Gasteiger partial charge on any atom is 0.293 e. The molecule has 0 spiro atoms. The average molecular weight is 766 g/mol. The Morgan fingerprint density at radius 3 is 2.64 bits per heavy atom. The average Bonchev–Trinajstić information content (AvgIpc) is 3.68. The molecule has 0 radical (unpaired) electrons. The first-order valence-corrected chi connectivity index (χ1v) is 20.2. The van der Waals surface area contributed by atoms with Crippen LogP contribution in [-0.2, 0) is 21.2 Å². The van der Waals surface area contributed by atoms with E-state index in [4.69, 9.17) is 9.47 Å². The van der Waals surface area contributed by atoms with Crippen molar-refractivity contribution < 1.29 is 27.6 Å². The fraction of sp³-hybridized carbons (Fsp3) is 0.350. The van der Waals surface area contributed by atoms with Crippen molar-refractivity contribution >= 4 is 44.0 Å². The standard InChI is InChI=1S/C40H43N7O7S/c48-40(44-55(51,52)32-9-11-35(37(24-32)47(49)50)42-25-27-13-20-53-21-14-27)34-10-8-30(23-38(34)54-31-22-29-12-15-41-39(29)43-26-31)45-16-18-46(19-17-45)36-7-3-5-28-4-1-2-6-33(28)36/h1-2,4,6,8-12,15,22-24,26-27,36,42H,3,5,7,13-14,16-21,25H2,(H,41,43)(H,44,48). The Balaban J connectivity index is 1.02. The molecule has 1 amide bonds. The van der Waals surface area contributed by atoms with Crippen molar-refractivity contribution in [2.24, 2.45) is 5.92 Å². The van der Waals surface area contributed by atoms with Gasteiger partial charge < -0.3 is 24.7 Å². The number of carbonyl (C=O) groups is 1. The number of hydrogen-bond acceptors (Lipinski definition) is 11. The van der Waals surface area contributed by atoms with Gasteiger partial charge in [-0.1, -0.05) is 24.3 Å². The lowest BCUT2D eigenvalue weighted by Crippen LogP contribution is -2.48. The van der Waals surface area contributed by atoms with Gasteiger partial charge in [0.15, 0.2) is 0 Å². The molecule has 8 rings (SSSR count). The molecule has 2 aliphatic heterocycles. The van der Waals surface area contributed by atoms with Gasteiger partial charge in [-0.15, -0.1) is 0 Å². The normalized spacial score (nSPS) is 18.1. The predicted octanol–water partition coefficient (Wildman–Crippen LogP) is 6.42. The molecular formula is C40H43N7O7S. The maximum atomic E-state index is 13.8. The number of H-pyrrole nitrogens is 1. The Morgan fingerprint density at radius 1 is 1.00 bits per heavy atom. The number of benzene rings is 3. The van der Waals surface area contributed by atoms with Crippen LogP contribution >= 0.6 is 0 Å². The second-order valence-corrected chi connectivity index (χ2v) is 16.0. The van der Waals surface area contributed by atoms with Crippen molar-refractivity contribution in [2.75, 3.05) is 56.2 Å². The molecule has 3 aromatic carbocycles. The number of sulfonamides is 1. The van der Waals surface area contributed by atoms with Crippen LogP contribution in [0.2, 0.25) is 0 Å². The zero-order chi connectivity index (χ0) is 37.9. The van der Waals surface area contributed by atoms with Gasteiger partial charge in [-0.05, 0) is 85.5 Å². The van der Waals surface area contributed by atoms with Crippen molar-refractivity contribution in [3.63, 3.8) is 0 Å². The summed E-state index contributed by atoms with van der Waals surface area (Å²) in [6.45, 7) is 4.99. The van der Waals surface area contributed by atoms with Gasteiger partial charge in [0.25, 0.3) is 21.6 Å². The van der Waals surface area contributed by atoms with Crippen LogP contribution in [0.25, 0.3) is 11.0 Å². The van der Waals surface area contributed by atoms with Crippen LogP contribution in [0.3, 0.4) is 0 Å². The van der Waals surface area contributed by atoms with Gasteiger partial charge in [0, 0.05) is 81.4 Å². The maximum absolute atomic E-state index is 13.8. The molecule has 1 aliphatic carbocycles. The fourth-order valence-corrected chi connectivity index (χ4v) is 8.89. The number of aromatic nitrogens is 2. The lowest BCUT2D eigenvalue weighted by atomic mass is 9.86. The minimum absolute atomic E-state index is 0.0248. The molecule has 55 heavy (non-hydrogen) atoms. The summed E-state index contributed by atoms with van der Waals surface area (Å²) in [5.74, 6) is -0.156. The number of amides is 1. The number of carbonyl (C=O) groups excluding carboxylic acids is 1. The molecular weight excluding hydrogens is 723 g/mol. The van der Waals surface area contributed by atoms with E-state index >= 15 is 0 Å². The lowest BCUT2D eigenvalue weighted by molar-refractivity contribution is -0.384. The first-order valence-electron chi connectivity index (χ1n) is 18.7. The summed E-state index contributed by atoms with van der Waals surface area (Å²) in [4.78, 5) is 37.0. The molecule has 2 saturated heterocycles. The highest BCUT2D eigenvalue weighted by Crippen LogP contribution is 2.37. The number of nitro benzene ring substituents is 1. The summed E-state index contributed by atoms with van der Waals surface area (Å²) in [6, 6.07) is 21.4. The van der Waals surface area contributed by atoms with Crippen molar-refractivity contribution in [1.29, 1.82) is 0 Å². The van der Waals surface area contributed by atoms with Gasteiger partial charge in [0.05, 0.1) is 21.6 Å². The number of aryl methyl sites for hydroxylation is 1. The summed E-state index contributed by atoms with van der Waals surface area (Å²) in [5, 5.41) is 15.9. The smallest absolute Gasteiger partial charge is 0.293 e. The van der Waals surface area contributed by atoms with E-state index in [1.165, 1.54) is 35.9 Å². The number of piperazine rings is 1. The van der Waals surface area contributed by atoms with Crippen LogP contribution in [0, 0.1) is 16.0 Å². The van der Waals surface area contributed by atoms with Gasteiger partial charge in [0.2, 0.25) is 0 Å². The summed E-state index contributed by atoms with van der Waals surface area (Å²) in [6.07, 6.45) is 8.36. The van der Waals surface area contributed by atoms with Crippen molar-refractivity contribution in [3.05, 3.63) is 112 Å². The van der Waals surface area contributed by atoms with E-state index in [1.807, 2.05) is 6.07 Å². The van der Waals surface area contributed by atoms with Gasteiger partial charge in [0.1, 0.15) is 22.8 Å². The SMILES string of the molecule is O=C(NS(=O)(=O)c1ccc(NCC2CCOCC2)c([N+](=O)[O-])c1)c1ccc(N2CCN(C3CCCc4ccccc43)CC2)cc1Oc1cnc2[nH]ccc2c1. The monoisotopic (exact) mass is 765 g/mol. The zero-order valence-electron chi connectivity index (χ0n) is 30.3. The molecule has 3 N–H and O–H groups in total. The van der Waals surface area contributed by atoms with E-state index in [1.54, 1.807) is 30.5 Å². The molecule has 0 bridgehead atoms. The van der Waals surface area contributed by atoms with Crippen molar-refractivity contribution in [2.45, 2.75) is 43.0 Å². The van der Waals surface area contributed by atoms with Gasteiger partial charge in [-0.3, -0.25) is 19.8 Å². The molecule has 1 unspecified atom stereocenters. The van der Waals surface area contributed by atoms with Crippen LogP contribution in [-0.4, -0.2) is 80.1 Å². The number of rotatable bonds is 11. The van der Waals surface area contributed by atoms with E-state index in [-0.39, 0.29) is 22.9 Å². The Morgan fingerprint density at radius 2 is 1.82 bits per heavy atom. The number of nitrogens with zero attached hydrogens (tertiary/aromatic N) is 4. The Kier molecular flexibility index (Phi) is 10.4. The molecule has 15 heteroatoms. The highest BCUT2D eigenvalue weighted by molar-refractivity contribution is 7.90. The largest absolute Gasteiger partial charge is 0.455 e. The minimum atomic E-state index is -4.53. The first-order chi connectivity index (χ1) is 26.7. The number of nitrogens with one attached hydrogen (secondary N) is 3. The van der Waals surface area contributed by atoms with Gasteiger partial charge in [-0.2, -0.15) is 0 Å². The van der Waals surface area contributed by atoms with Crippen molar-refractivity contribution in [1.82, 2.24) is 19.6 Å². The molecule has 2 aromatic heterocycles. The highest BCUT2D eigenvalue weighted by Gasteiger charge is 2.30. The van der Waals surface area contributed by atoms with E-state index in [2.05, 4.69) is 54.1 Å². The highest BCUT2D eigenvalue weighted by atomic mass is 32.2. The molecule has 1 atom stereocenters. The number of hydrogen-bond donors (Lipinski definition) is 3. The number of nitro groups is 1. The molecule has 2 fully saturated rings. The third kappa shape index (κ3) is 8.00. The Bertz CT molecular complexity index is 2320. The first kappa shape index (κ1) is 36.5. The van der Waals surface area contributed by atoms with Crippen LogP contribution in [0.1, 0.15) is 53.2 Å². The summed E-state index contributed by atoms with van der Waals surface area (Å²) in [7, 11) is -4.53. The van der Waals surface area contributed by atoms with Gasteiger partial charge >= 0.3 is 0 Å². The zero-order valence-corrected chi connectivity index (χ0v) is 31.1.